The number of aryl methyl sites for hydroxylation is 1. The number of hydrogen-bond donors (Lipinski definition) is 2. The van der Waals surface area contributed by atoms with Crippen molar-refractivity contribution in [1.82, 2.24) is 20.1 Å². The minimum absolute atomic E-state index is 0.0744. The Hall–Kier alpha value is -2.57. The van der Waals surface area contributed by atoms with Gasteiger partial charge in [0, 0.05) is 18.7 Å². The smallest absolute Gasteiger partial charge is 0.291 e. The molecule has 0 aliphatic carbocycles. The van der Waals surface area contributed by atoms with Crippen molar-refractivity contribution < 1.29 is 9.53 Å². The molecule has 0 spiro atoms. The summed E-state index contributed by atoms with van der Waals surface area (Å²) in [5.74, 6) is 1.49. The fourth-order valence-electron chi connectivity index (χ4n) is 3.05. The van der Waals surface area contributed by atoms with Crippen molar-refractivity contribution in [3.63, 3.8) is 0 Å². The summed E-state index contributed by atoms with van der Waals surface area (Å²) in [4.78, 5) is 16.8. The Bertz CT molecular complexity index is 704. The van der Waals surface area contributed by atoms with E-state index in [9.17, 15) is 4.79 Å². The lowest BCUT2D eigenvalue weighted by atomic mass is 10.0. The predicted octanol–water partition coefficient (Wildman–Crippen LogP) is 1.74. The van der Waals surface area contributed by atoms with Gasteiger partial charge in [-0.2, -0.15) is 4.98 Å². The molecule has 3 heterocycles. The van der Waals surface area contributed by atoms with E-state index in [1.54, 1.807) is 4.68 Å². The van der Waals surface area contributed by atoms with Gasteiger partial charge in [0.2, 0.25) is 11.8 Å². The van der Waals surface area contributed by atoms with Crippen molar-refractivity contribution in [3.05, 3.63) is 35.7 Å². The van der Waals surface area contributed by atoms with E-state index in [1.165, 1.54) is 0 Å². The number of ether oxygens (including phenoxy) is 1. The molecule has 120 valence electrons. The zero-order chi connectivity index (χ0) is 15.6. The molecule has 0 saturated heterocycles. The average Bonchev–Trinajstić information content (AvgIpc) is 2.92. The second kappa shape index (κ2) is 5.91. The maximum Gasteiger partial charge on any atom is 0.291 e. The molecule has 0 radical (unpaired) electrons. The van der Waals surface area contributed by atoms with E-state index < -0.39 is 0 Å². The molecule has 1 aromatic heterocycles. The van der Waals surface area contributed by atoms with Gasteiger partial charge in [0.25, 0.3) is 5.91 Å². The van der Waals surface area contributed by atoms with E-state index in [0.29, 0.717) is 12.6 Å². The molecule has 1 atom stereocenters. The van der Waals surface area contributed by atoms with E-state index in [0.717, 1.165) is 43.7 Å². The van der Waals surface area contributed by atoms with E-state index in [2.05, 4.69) is 20.7 Å². The first-order valence-corrected chi connectivity index (χ1v) is 8.02. The number of nitrogens with zero attached hydrogens (tertiary/aromatic N) is 3. The Balaban J connectivity index is 1.55. The third kappa shape index (κ3) is 2.74. The largest absolute Gasteiger partial charge is 0.493 e. The summed E-state index contributed by atoms with van der Waals surface area (Å²) < 4.78 is 7.49. The summed E-state index contributed by atoms with van der Waals surface area (Å²) in [6.07, 6.45) is 2.73. The maximum atomic E-state index is 12.5. The molecule has 0 saturated carbocycles. The van der Waals surface area contributed by atoms with Crippen molar-refractivity contribution in [1.29, 1.82) is 0 Å². The highest BCUT2D eigenvalue weighted by Crippen LogP contribution is 2.31. The summed E-state index contributed by atoms with van der Waals surface area (Å²) in [7, 11) is 0. The summed E-state index contributed by atoms with van der Waals surface area (Å²) in [6.45, 7) is 2.33. The third-order valence-electron chi connectivity index (χ3n) is 4.20. The molecule has 2 aliphatic rings. The number of rotatable bonds is 2. The molecule has 7 nitrogen and oxygen atoms in total. The van der Waals surface area contributed by atoms with Crippen LogP contribution in [0.25, 0.3) is 0 Å². The number of benzene rings is 1. The minimum Gasteiger partial charge on any atom is -0.493 e. The first-order chi connectivity index (χ1) is 11.3. The second-order valence-electron chi connectivity index (χ2n) is 5.82. The molecule has 23 heavy (non-hydrogen) atoms. The highest BCUT2D eigenvalue weighted by molar-refractivity contribution is 5.91. The molecule has 7 heteroatoms. The van der Waals surface area contributed by atoms with Crippen molar-refractivity contribution >= 4 is 11.9 Å². The van der Waals surface area contributed by atoms with Gasteiger partial charge in [0.1, 0.15) is 5.75 Å². The lowest BCUT2D eigenvalue weighted by molar-refractivity contribution is 0.0924. The fraction of sp³-hybridized carbons (Fsp3) is 0.438. The van der Waals surface area contributed by atoms with Gasteiger partial charge in [-0.05, 0) is 25.3 Å². The number of nitrogens with one attached hydrogen (secondary N) is 2. The molecule has 2 aliphatic heterocycles. The highest BCUT2D eigenvalue weighted by atomic mass is 16.5. The van der Waals surface area contributed by atoms with Crippen LogP contribution >= 0.6 is 0 Å². The van der Waals surface area contributed by atoms with Gasteiger partial charge in [0.05, 0.1) is 12.6 Å². The number of carbonyl (C=O) groups is 1. The number of hydrogen-bond acceptors (Lipinski definition) is 5. The lowest BCUT2D eigenvalue weighted by Gasteiger charge is -2.17. The van der Waals surface area contributed by atoms with Crippen LogP contribution in [0.15, 0.2) is 24.3 Å². The van der Waals surface area contributed by atoms with E-state index in [1.807, 2.05) is 24.3 Å². The quantitative estimate of drug-likeness (QED) is 0.882. The van der Waals surface area contributed by atoms with Crippen molar-refractivity contribution in [3.8, 4) is 5.75 Å². The molecule has 1 aromatic carbocycles. The Morgan fingerprint density at radius 3 is 3.17 bits per heavy atom. The average molecular weight is 313 g/mol. The number of amides is 1. The molecule has 2 N–H and O–H groups in total. The summed E-state index contributed by atoms with van der Waals surface area (Å²) in [6, 6.07) is 7.77. The Morgan fingerprint density at radius 1 is 1.35 bits per heavy atom. The Labute approximate surface area is 134 Å². The van der Waals surface area contributed by atoms with Crippen LogP contribution in [-0.2, 0) is 6.54 Å². The van der Waals surface area contributed by atoms with Crippen LogP contribution in [0.4, 0.5) is 5.95 Å². The van der Waals surface area contributed by atoms with Gasteiger partial charge in [-0.3, -0.25) is 4.79 Å². The monoisotopic (exact) mass is 313 g/mol. The van der Waals surface area contributed by atoms with Crippen LogP contribution in [0.1, 0.15) is 41.5 Å². The Kier molecular flexibility index (Phi) is 3.61. The first kappa shape index (κ1) is 14.0. The molecule has 4 rings (SSSR count). The second-order valence-corrected chi connectivity index (χ2v) is 5.82. The Morgan fingerprint density at radius 2 is 2.26 bits per heavy atom. The molecule has 1 amide bonds. The summed E-state index contributed by atoms with van der Waals surface area (Å²) in [5.41, 5.74) is 1.01. The number of aromatic nitrogens is 3. The lowest BCUT2D eigenvalue weighted by Crippen LogP contribution is -2.29. The summed E-state index contributed by atoms with van der Waals surface area (Å²) >= 11 is 0. The number of para-hydroxylation sites is 1. The van der Waals surface area contributed by atoms with Crippen molar-refractivity contribution in [2.45, 2.75) is 31.8 Å². The summed E-state index contributed by atoms with van der Waals surface area (Å²) in [5, 5.41) is 10.5. The van der Waals surface area contributed by atoms with Crippen LogP contribution in [0.2, 0.25) is 0 Å². The van der Waals surface area contributed by atoms with Gasteiger partial charge < -0.3 is 15.4 Å². The minimum atomic E-state index is -0.240. The van der Waals surface area contributed by atoms with Gasteiger partial charge in [-0.1, -0.05) is 18.2 Å². The molecule has 1 unspecified atom stereocenters. The zero-order valence-electron chi connectivity index (χ0n) is 12.8. The van der Waals surface area contributed by atoms with Crippen LogP contribution in [0, 0.1) is 0 Å². The van der Waals surface area contributed by atoms with Gasteiger partial charge in [0.15, 0.2) is 0 Å². The van der Waals surface area contributed by atoms with Gasteiger partial charge >= 0.3 is 0 Å². The topological polar surface area (TPSA) is 81.1 Å². The fourth-order valence-corrected chi connectivity index (χ4v) is 3.05. The molecule has 0 bridgehead atoms. The SMILES string of the molecule is O=C(NC1CCCOc2ccccc21)c1nc2n(n1)CCCN2. The van der Waals surface area contributed by atoms with Gasteiger partial charge in [-0.25, -0.2) is 4.68 Å². The molecular weight excluding hydrogens is 294 g/mol. The van der Waals surface area contributed by atoms with Gasteiger partial charge in [-0.15, -0.1) is 5.10 Å². The van der Waals surface area contributed by atoms with Crippen molar-refractivity contribution in [2.75, 3.05) is 18.5 Å². The van der Waals surface area contributed by atoms with Crippen LogP contribution in [-0.4, -0.2) is 33.8 Å². The molecule has 2 aromatic rings. The number of fused-ring (bicyclic) bond motifs is 2. The number of carbonyl (C=O) groups excluding carboxylic acids is 1. The third-order valence-corrected chi connectivity index (χ3v) is 4.20. The maximum absolute atomic E-state index is 12.5. The molecular formula is C16H19N5O2. The molecule has 0 fully saturated rings. The standard InChI is InChI=1S/C16H19N5O2/c22-15(14-19-16-17-8-4-9-21(16)20-14)18-12-6-3-10-23-13-7-2-1-5-11(12)13/h1-2,5,7,12H,3-4,6,8-10H2,(H,18,22)(H,17,19,20). The highest BCUT2D eigenvalue weighted by Gasteiger charge is 2.24. The van der Waals surface area contributed by atoms with Crippen molar-refractivity contribution in [2.24, 2.45) is 0 Å². The van der Waals surface area contributed by atoms with Crippen LogP contribution in [0.3, 0.4) is 0 Å². The predicted molar refractivity (Wildman–Crippen MR) is 84.5 cm³/mol. The number of anilines is 1. The first-order valence-electron chi connectivity index (χ1n) is 8.02. The van der Waals surface area contributed by atoms with E-state index in [-0.39, 0.29) is 17.8 Å². The zero-order valence-corrected chi connectivity index (χ0v) is 12.8. The van der Waals surface area contributed by atoms with Crippen LogP contribution in [0.5, 0.6) is 5.75 Å². The van der Waals surface area contributed by atoms with E-state index in [4.69, 9.17) is 4.74 Å². The van der Waals surface area contributed by atoms with Crippen LogP contribution < -0.4 is 15.4 Å². The van der Waals surface area contributed by atoms with E-state index >= 15 is 0 Å². The normalized spacial score (nSPS) is 19.6.